The van der Waals surface area contributed by atoms with Crippen molar-refractivity contribution in [2.45, 2.75) is 18.5 Å². The number of nitrogens with zero attached hydrogens (tertiary/aromatic N) is 2. The Morgan fingerprint density at radius 3 is 2.57 bits per heavy atom. The van der Waals surface area contributed by atoms with Gasteiger partial charge in [0.2, 0.25) is 15.0 Å². The van der Waals surface area contributed by atoms with E-state index in [9.17, 15) is 17.6 Å². The van der Waals surface area contributed by atoms with E-state index in [1.165, 1.54) is 12.1 Å². The minimum atomic E-state index is -3.70. The summed E-state index contributed by atoms with van der Waals surface area (Å²) in [6.07, 6.45) is 1.40. The lowest BCUT2D eigenvalue weighted by molar-refractivity contribution is 0.0727. The van der Waals surface area contributed by atoms with E-state index in [4.69, 9.17) is 16.3 Å². The van der Waals surface area contributed by atoms with Crippen LogP contribution >= 0.6 is 11.6 Å². The van der Waals surface area contributed by atoms with Crippen LogP contribution < -0.4 is 4.74 Å². The SMILES string of the molecule is CCCS(=O)(=O)c1ncc(Cl)c(C(=O)Oc2ccc(F)cc2)n1. The van der Waals surface area contributed by atoms with Crippen molar-refractivity contribution >= 4 is 27.4 Å². The zero-order valence-electron chi connectivity index (χ0n) is 12.0. The van der Waals surface area contributed by atoms with E-state index in [0.717, 1.165) is 18.3 Å². The van der Waals surface area contributed by atoms with Crippen LogP contribution in [0.25, 0.3) is 0 Å². The highest BCUT2D eigenvalue weighted by atomic mass is 35.5. The minimum Gasteiger partial charge on any atom is -0.422 e. The Kier molecular flexibility index (Phi) is 5.27. The van der Waals surface area contributed by atoms with Crippen molar-refractivity contribution in [3.63, 3.8) is 0 Å². The summed E-state index contributed by atoms with van der Waals surface area (Å²) < 4.78 is 41.7. The Morgan fingerprint density at radius 1 is 1.30 bits per heavy atom. The van der Waals surface area contributed by atoms with Crippen molar-refractivity contribution in [3.05, 3.63) is 47.0 Å². The van der Waals surface area contributed by atoms with E-state index in [1.54, 1.807) is 6.92 Å². The Labute approximate surface area is 137 Å². The predicted octanol–water partition coefficient (Wildman–Crippen LogP) is 2.67. The van der Waals surface area contributed by atoms with Gasteiger partial charge in [-0.15, -0.1) is 0 Å². The molecule has 1 heterocycles. The molecule has 0 saturated heterocycles. The normalized spacial score (nSPS) is 11.3. The molecule has 0 aliphatic heterocycles. The first kappa shape index (κ1) is 17.3. The monoisotopic (exact) mass is 358 g/mol. The molecular formula is C14H12ClFN2O4S. The molecule has 0 N–H and O–H groups in total. The zero-order chi connectivity index (χ0) is 17.0. The van der Waals surface area contributed by atoms with Gasteiger partial charge in [0.1, 0.15) is 11.6 Å². The molecule has 0 atom stereocenters. The van der Waals surface area contributed by atoms with Gasteiger partial charge in [0.05, 0.1) is 17.0 Å². The van der Waals surface area contributed by atoms with Crippen molar-refractivity contribution in [1.29, 1.82) is 0 Å². The lowest BCUT2D eigenvalue weighted by Gasteiger charge is -2.07. The molecule has 0 unspecified atom stereocenters. The lowest BCUT2D eigenvalue weighted by atomic mass is 10.3. The molecule has 2 aromatic rings. The number of ether oxygens (including phenoxy) is 1. The minimum absolute atomic E-state index is 0.0732. The maximum absolute atomic E-state index is 12.8. The Hall–Kier alpha value is -2.06. The molecule has 0 aliphatic carbocycles. The van der Waals surface area contributed by atoms with Crippen LogP contribution in [-0.2, 0) is 9.84 Å². The fourth-order valence-corrected chi connectivity index (χ4v) is 2.99. The summed E-state index contributed by atoms with van der Waals surface area (Å²) in [6, 6.07) is 4.72. The molecule has 6 nitrogen and oxygen atoms in total. The van der Waals surface area contributed by atoms with E-state index in [2.05, 4.69) is 9.97 Å². The van der Waals surface area contributed by atoms with Crippen LogP contribution in [0.3, 0.4) is 0 Å². The van der Waals surface area contributed by atoms with Gasteiger partial charge in [0.15, 0.2) is 5.69 Å². The quantitative estimate of drug-likeness (QED) is 0.464. The summed E-state index contributed by atoms with van der Waals surface area (Å²) in [6.45, 7) is 1.69. The highest BCUT2D eigenvalue weighted by Crippen LogP contribution is 2.19. The molecule has 0 radical (unpaired) electrons. The van der Waals surface area contributed by atoms with E-state index >= 15 is 0 Å². The fraction of sp³-hybridized carbons (Fsp3) is 0.214. The standard InChI is InChI=1S/C14H12ClFN2O4S/c1-2-7-23(20,21)14-17-8-11(15)12(18-14)13(19)22-10-5-3-9(16)4-6-10/h3-6,8H,2,7H2,1H3. The average molecular weight is 359 g/mol. The molecule has 0 spiro atoms. The molecular weight excluding hydrogens is 347 g/mol. The van der Waals surface area contributed by atoms with Gasteiger partial charge in [-0.1, -0.05) is 18.5 Å². The van der Waals surface area contributed by atoms with Gasteiger partial charge in [-0.05, 0) is 30.7 Å². The second-order valence-corrected chi connectivity index (χ2v) is 6.92. The van der Waals surface area contributed by atoms with Crippen LogP contribution in [0.15, 0.2) is 35.6 Å². The summed E-state index contributed by atoms with van der Waals surface area (Å²) in [5.74, 6) is -1.53. The maximum atomic E-state index is 12.8. The van der Waals surface area contributed by atoms with Crippen LogP contribution in [0.1, 0.15) is 23.8 Å². The first-order valence-corrected chi connectivity index (χ1v) is 8.59. The van der Waals surface area contributed by atoms with Crippen molar-refractivity contribution in [2.24, 2.45) is 0 Å². The zero-order valence-corrected chi connectivity index (χ0v) is 13.6. The summed E-state index contributed by atoms with van der Waals surface area (Å²) >= 11 is 5.83. The number of sulfone groups is 1. The molecule has 1 aromatic heterocycles. The molecule has 0 aliphatic rings. The summed E-state index contributed by atoms with van der Waals surface area (Å²) in [4.78, 5) is 19.4. The first-order chi connectivity index (χ1) is 10.8. The average Bonchev–Trinajstić information content (AvgIpc) is 2.49. The Balaban J connectivity index is 2.31. The fourth-order valence-electron chi connectivity index (χ4n) is 1.66. The molecule has 23 heavy (non-hydrogen) atoms. The smallest absolute Gasteiger partial charge is 0.364 e. The Bertz CT molecular complexity index is 825. The van der Waals surface area contributed by atoms with Crippen molar-refractivity contribution in [3.8, 4) is 5.75 Å². The molecule has 0 fully saturated rings. The van der Waals surface area contributed by atoms with Crippen molar-refractivity contribution < 1.29 is 22.3 Å². The highest BCUT2D eigenvalue weighted by Gasteiger charge is 2.22. The van der Waals surface area contributed by atoms with Crippen LogP contribution in [0.4, 0.5) is 4.39 Å². The van der Waals surface area contributed by atoms with Gasteiger partial charge in [0.25, 0.3) is 0 Å². The Morgan fingerprint density at radius 2 is 1.96 bits per heavy atom. The highest BCUT2D eigenvalue weighted by molar-refractivity contribution is 7.91. The van der Waals surface area contributed by atoms with Gasteiger partial charge in [-0.3, -0.25) is 0 Å². The first-order valence-electron chi connectivity index (χ1n) is 6.56. The number of hydrogen-bond acceptors (Lipinski definition) is 6. The molecule has 0 saturated carbocycles. The number of esters is 1. The number of hydrogen-bond donors (Lipinski definition) is 0. The number of benzene rings is 1. The molecule has 0 bridgehead atoms. The maximum Gasteiger partial charge on any atom is 0.364 e. The van der Waals surface area contributed by atoms with E-state index in [-0.39, 0.29) is 22.2 Å². The number of halogens is 2. The van der Waals surface area contributed by atoms with Crippen LogP contribution in [0.5, 0.6) is 5.75 Å². The van der Waals surface area contributed by atoms with E-state index in [1.807, 2.05) is 0 Å². The van der Waals surface area contributed by atoms with Crippen molar-refractivity contribution in [2.75, 3.05) is 5.75 Å². The largest absolute Gasteiger partial charge is 0.422 e. The second-order valence-electron chi connectivity index (χ2n) is 4.51. The van der Waals surface area contributed by atoms with Gasteiger partial charge >= 0.3 is 5.97 Å². The third-order valence-electron chi connectivity index (χ3n) is 2.69. The number of carbonyl (C=O) groups excluding carboxylic acids is 1. The van der Waals surface area contributed by atoms with E-state index in [0.29, 0.717) is 6.42 Å². The molecule has 9 heteroatoms. The summed E-state index contributed by atoms with van der Waals surface area (Å²) in [5, 5.41) is -0.637. The number of rotatable bonds is 5. The van der Waals surface area contributed by atoms with Crippen LogP contribution in [-0.4, -0.2) is 30.1 Å². The van der Waals surface area contributed by atoms with Gasteiger partial charge in [-0.25, -0.2) is 27.6 Å². The predicted molar refractivity (Wildman–Crippen MR) is 80.7 cm³/mol. The van der Waals surface area contributed by atoms with Gasteiger partial charge in [0, 0.05) is 0 Å². The van der Waals surface area contributed by atoms with Gasteiger partial charge < -0.3 is 4.74 Å². The lowest BCUT2D eigenvalue weighted by Crippen LogP contribution is -2.17. The van der Waals surface area contributed by atoms with Crippen molar-refractivity contribution in [1.82, 2.24) is 9.97 Å². The number of aromatic nitrogens is 2. The van der Waals surface area contributed by atoms with Crippen LogP contribution in [0.2, 0.25) is 5.02 Å². The second kappa shape index (κ2) is 7.01. The molecule has 1 aromatic carbocycles. The number of carbonyl (C=O) groups is 1. The molecule has 2 rings (SSSR count). The molecule has 122 valence electrons. The van der Waals surface area contributed by atoms with E-state index < -0.39 is 26.8 Å². The topological polar surface area (TPSA) is 86.2 Å². The molecule has 0 amide bonds. The van der Waals surface area contributed by atoms with Crippen LogP contribution in [0, 0.1) is 5.82 Å². The third-order valence-corrected chi connectivity index (χ3v) is 4.67. The van der Waals surface area contributed by atoms with Gasteiger partial charge in [-0.2, -0.15) is 0 Å². The summed E-state index contributed by atoms with van der Waals surface area (Å²) in [7, 11) is -3.70. The summed E-state index contributed by atoms with van der Waals surface area (Å²) in [5.41, 5.74) is -0.374. The third kappa shape index (κ3) is 4.23.